The summed E-state index contributed by atoms with van der Waals surface area (Å²) in [4.78, 5) is 16.7. The van der Waals surface area contributed by atoms with Gasteiger partial charge in [-0.2, -0.15) is 0 Å². The number of hydrogen-bond acceptors (Lipinski definition) is 7. The van der Waals surface area contributed by atoms with Gasteiger partial charge in [0.1, 0.15) is 17.2 Å². The largest absolute Gasteiger partial charge is 0.461 e. The molecular formula is C14H12N2O4S. The second-order valence-corrected chi connectivity index (χ2v) is 5.59. The lowest BCUT2D eigenvalue weighted by molar-refractivity contribution is 0.0469. The molecule has 0 aromatic carbocycles. The number of ether oxygens (including phenoxy) is 1. The molecule has 7 heteroatoms. The van der Waals surface area contributed by atoms with Crippen LogP contribution in [0.2, 0.25) is 0 Å². The SMILES string of the molecule is Cc1nc(C)c(C(=O)OCc2cc(-c3ccco3)on2)s1. The fourth-order valence-corrected chi connectivity index (χ4v) is 2.65. The lowest BCUT2D eigenvalue weighted by atomic mass is 10.3. The highest BCUT2D eigenvalue weighted by molar-refractivity contribution is 7.13. The van der Waals surface area contributed by atoms with Gasteiger partial charge in [0.05, 0.1) is 17.0 Å². The van der Waals surface area contributed by atoms with Crippen molar-refractivity contribution < 1.29 is 18.5 Å². The molecule has 3 heterocycles. The zero-order valence-electron chi connectivity index (χ0n) is 11.5. The third-order valence-corrected chi connectivity index (χ3v) is 3.82. The predicted molar refractivity (Wildman–Crippen MR) is 74.9 cm³/mol. The van der Waals surface area contributed by atoms with Crippen molar-refractivity contribution in [1.29, 1.82) is 0 Å². The van der Waals surface area contributed by atoms with E-state index in [1.807, 2.05) is 6.92 Å². The molecule has 3 aromatic rings. The van der Waals surface area contributed by atoms with Crippen LogP contribution in [0.25, 0.3) is 11.5 Å². The Bertz CT molecular complexity index is 758. The summed E-state index contributed by atoms with van der Waals surface area (Å²) in [6.45, 7) is 3.67. The molecule has 0 atom stereocenters. The number of esters is 1. The molecule has 0 aliphatic heterocycles. The fraction of sp³-hybridized carbons (Fsp3) is 0.214. The summed E-state index contributed by atoms with van der Waals surface area (Å²) in [6, 6.07) is 5.20. The van der Waals surface area contributed by atoms with Gasteiger partial charge in [0.15, 0.2) is 5.76 Å². The van der Waals surface area contributed by atoms with Crippen molar-refractivity contribution in [3.8, 4) is 11.5 Å². The van der Waals surface area contributed by atoms with Crippen LogP contribution in [0.3, 0.4) is 0 Å². The zero-order chi connectivity index (χ0) is 14.8. The molecule has 21 heavy (non-hydrogen) atoms. The van der Waals surface area contributed by atoms with Crippen molar-refractivity contribution in [2.45, 2.75) is 20.5 Å². The molecule has 0 spiro atoms. The van der Waals surface area contributed by atoms with Crippen LogP contribution in [0.5, 0.6) is 0 Å². The van der Waals surface area contributed by atoms with E-state index in [0.717, 1.165) is 5.01 Å². The number of thiazole rings is 1. The van der Waals surface area contributed by atoms with Gasteiger partial charge in [-0.05, 0) is 26.0 Å². The van der Waals surface area contributed by atoms with Gasteiger partial charge in [-0.3, -0.25) is 0 Å². The molecule has 6 nitrogen and oxygen atoms in total. The predicted octanol–water partition coefficient (Wildman–Crippen LogP) is 3.36. The molecule has 0 bridgehead atoms. The summed E-state index contributed by atoms with van der Waals surface area (Å²) in [6.07, 6.45) is 1.55. The maximum Gasteiger partial charge on any atom is 0.350 e. The first-order chi connectivity index (χ1) is 10.1. The second kappa shape index (κ2) is 5.53. The number of aromatic nitrogens is 2. The van der Waals surface area contributed by atoms with E-state index in [1.165, 1.54) is 11.3 Å². The van der Waals surface area contributed by atoms with Crippen LogP contribution in [0.1, 0.15) is 26.1 Å². The molecule has 0 saturated heterocycles. The summed E-state index contributed by atoms with van der Waals surface area (Å²) in [5, 5.41) is 4.68. The van der Waals surface area contributed by atoms with Crippen molar-refractivity contribution in [3.05, 3.63) is 45.7 Å². The van der Waals surface area contributed by atoms with E-state index in [1.54, 1.807) is 31.4 Å². The van der Waals surface area contributed by atoms with Crippen LogP contribution < -0.4 is 0 Å². The molecule has 0 radical (unpaired) electrons. The van der Waals surface area contributed by atoms with Crippen LogP contribution in [-0.2, 0) is 11.3 Å². The zero-order valence-corrected chi connectivity index (χ0v) is 12.3. The summed E-state index contributed by atoms with van der Waals surface area (Å²) in [7, 11) is 0. The van der Waals surface area contributed by atoms with Gasteiger partial charge in [-0.25, -0.2) is 9.78 Å². The minimum atomic E-state index is -0.402. The number of carbonyl (C=O) groups is 1. The summed E-state index contributed by atoms with van der Waals surface area (Å²) in [5.41, 5.74) is 1.20. The first-order valence-electron chi connectivity index (χ1n) is 6.24. The Kier molecular flexibility index (Phi) is 3.57. The molecule has 108 valence electrons. The third kappa shape index (κ3) is 2.87. The maximum atomic E-state index is 12.0. The van der Waals surface area contributed by atoms with Crippen molar-refractivity contribution in [2.24, 2.45) is 0 Å². The molecule has 0 fully saturated rings. The topological polar surface area (TPSA) is 78.4 Å². The molecule has 0 aliphatic rings. The second-order valence-electron chi connectivity index (χ2n) is 4.38. The van der Waals surface area contributed by atoms with Gasteiger partial charge in [-0.15, -0.1) is 11.3 Å². The summed E-state index contributed by atoms with van der Waals surface area (Å²) < 4.78 is 15.5. The van der Waals surface area contributed by atoms with Gasteiger partial charge >= 0.3 is 5.97 Å². The highest BCUT2D eigenvalue weighted by atomic mass is 32.1. The molecule has 0 unspecified atom stereocenters. The van der Waals surface area contributed by atoms with E-state index in [2.05, 4.69) is 10.1 Å². The van der Waals surface area contributed by atoms with E-state index in [9.17, 15) is 4.79 Å². The number of furan rings is 1. The maximum absolute atomic E-state index is 12.0. The Labute approximate surface area is 124 Å². The number of hydrogen-bond donors (Lipinski definition) is 0. The Morgan fingerprint density at radius 3 is 2.90 bits per heavy atom. The van der Waals surface area contributed by atoms with Crippen molar-refractivity contribution in [1.82, 2.24) is 10.1 Å². The lowest BCUT2D eigenvalue weighted by Gasteiger charge is -2.00. The van der Waals surface area contributed by atoms with Crippen LogP contribution >= 0.6 is 11.3 Å². The first-order valence-corrected chi connectivity index (χ1v) is 7.06. The number of carbonyl (C=O) groups excluding carboxylic acids is 1. The minimum Gasteiger partial charge on any atom is -0.461 e. The van der Waals surface area contributed by atoms with E-state index in [-0.39, 0.29) is 6.61 Å². The Morgan fingerprint density at radius 2 is 2.24 bits per heavy atom. The van der Waals surface area contributed by atoms with Crippen molar-refractivity contribution in [2.75, 3.05) is 0 Å². The van der Waals surface area contributed by atoms with Crippen LogP contribution in [0, 0.1) is 13.8 Å². The van der Waals surface area contributed by atoms with Crippen LogP contribution in [-0.4, -0.2) is 16.1 Å². The molecule has 0 aliphatic carbocycles. The fourth-order valence-electron chi connectivity index (χ4n) is 1.84. The van der Waals surface area contributed by atoms with Gasteiger partial charge in [0.25, 0.3) is 0 Å². The normalized spacial score (nSPS) is 10.8. The van der Waals surface area contributed by atoms with E-state index in [4.69, 9.17) is 13.7 Å². The quantitative estimate of drug-likeness (QED) is 0.688. The average molecular weight is 304 g/mol. The van der Waals surface area contributed by atoms with Gasteiger partial charge in [0.2, 0.25) is 5.76 Å². The van der Waals surface area contributed by atoms with Gasteiger partial charge < -0.3 is 13.7 Å². The number of aryl methyl sites for hydroxylation is 2. The minimum absolute atomic E-state index is 0.0411. The molecule has 0 N–H and O–H groups in total. The number of rotatable bonds is 4. The van der Waals surface area contributed by atoms with Crippen LogP contribution in [0.4, 0.5) is 0 Å². The molecule has 0 amide bonds. The third-order valence-electron chi connectivity index (χ3n) is 2.76. The molecule has 0 saturated carbocycles. The molecule has 3 rings (SSSR count). The van der Waals surface area contributed by atoms with Crippen LogP contribution in [0.15, 0.2) is 33.4 Å². The first kappa shape index (κ1) is 13.6. The Morgan fingerprint density at radius 1 is 1.38 bits per heavy atom. The van der Waals surface area contributed by atoms with E-state index in [0.29, 0.717) is 27.8 Å². The highest BCUT2D eigenvalue weighted by Gasteiger charge is 2.16. The summed E-state index contributed by atoms with van der Waals surface area (Å²) in [5.74, 6) is 0.672. The smallest absolute Gasteiger partial charge is 0.350 e. The average Bonchev–Trinajstić information content (AvgIpc) is 3.15. The van der Waals surface area contributed by atoms with Gasteiger partial charge in [-0.1, -0.05) is 5.16 Å². The Hall–Kier alpha value is -2.41. The van der Waals surface area contributed by atoms with Crippen molar-refractivity contribution >= 4 is 17.3 Å². The highest BCUT2D eigenvalue weighted by Crippen LogP contribution is 2.22. The van der Waals surface area contributed by atoms with E-state index >= 15 is 0 Å². The molecule has 3 aromatic heterocycles. The number of nitrogens with zero attached hydrogens (tertiary/aromatic N) is 2. The van der Waals surface area contributed by atoms with Gasteiger partial charge in [0, 0.05) is 6.07 Å². The standard InChI is InChI=1S/C14H12N2O4S/c1-8-13(21-9(2)15-8)14(17)19-7-10-6-12(20-16-10)11-4-3-5-18-11/h3-6H,7H2,1-2H3. The molecular weight excluding hydrogens is 292 g/mol. The van der Waals surface area contributed by atoms with E-state index < -0.39 is 5.97 Å². The summed E-state index contributed by atoms with van der Waals surface area (Å²) >= 11 is 1.32. The van der Waals surface area contributed by atoms with Crippen molar-refractivity contribution in [3.63, 3.8) is 0 Å². The monoisotopic (exact) mass is 304 g/mol. The lowest BCUT2D eigenvalue weighted by Crippen LogP contribution is -2.05. The Balaban J connectivity index is 1.65.